The van der Waals surface area contributed by atoms with E-state index in [1.54, 1.807) is 0 Å². The average Bonchev–Trinajstić information content (AvgIpc) is 2.84. The first-order valence-corrected chi connectivity index (χ1v) is 7.86. The van der Waals surface area contributed by atoms with Gasteiger partial charge in [0, 0.05) is 32.2 Å². The number of nitrogens with zero attached hydrogens (tertiary/aromatic N) is 1. The summed E-state index contributed by atoms with van der Waals surface area (Å²) >= 11 is 0. The van der Waals surface area contributed by atoms with Crippen LogP contribution < -0.4 is 5.32 Å². The number of nitrogens with one attached hydrogen (secondary N) is 1. The molecule has 3 unspecified atom stereocenters. The Morgan fingerprint density at radius 3 is 3.05 bits per heavy atom. The average molecular weight is 270 g/mol. The lowest BCUT2D eigenvalue weighted by Gasteiger charge is -2.35. The zero-order chi connectivity index (χ0) is 13.5. The van der Waals surface area contributed by atoms with Gasteiger partial charge in [0.25, 0.3) is 0 Å². The second-order valence-electron chi connectivity index (χ2n) is 6.08. The minimum absolute atomic E-state index is 0.558. The molecule has 3 atom stereocenters. The molecule has 0 amide bonds. The lowest BCUT2D eigenvalue weighted by molar-refractivity contribution is 0.0789. The van der Waals surface area contributed by atoms with Crippen molar-refractivity contribution in [2.24, 2.45) is 11.8 Å². The summed E-state index contributed by atoms with van der Waals surface area (Å²) in [7, 11) is 1.81. The molecule has 0 radical (unpaired) electrons. The Bertz CT molecular complexity index is 248. The van der Waals surface area contributed by atoms with E-state index in [4.69, 9.17) is 9.47 Å². The summed E-state index contributed by atoms with van der Waals surface area (Å²) in [5.41, 5.74) is 0. The highest BCUT2D eigenvalue weighted by Crippen LogP contribution is 2.21. The molecule has 1 N–H and O–H groups in total. The van der Waals surface area contributed by atoms with Crippen molar-refractivity contribution in [1.82, 2.24) is 10.2 Å². The van der Waals surface area contributed by atoms with Crippen molar-refractivity contribution in [1.29, 1.82) is 0 Å². The monoisotopic (exact) mass is 270 g/mol. The van der Waals surface area contributed by atoms with Gasteiger partial charge in [-0.15, -0.1) is 0 Å². The van der Waals surface area contributed by atoms with E-state index < -0.39 is 0 Å². The molecule has 4 nitrogen and oxygen atoms in total. The highest BCUT2D eigenvalue weighted by atomic mass is 16.5. The number of rotatable bonds is 7. The molecule has 19 heavy (non-hydrogen) atoms. The molecule has 2 fully saturated rings. The zero-order valence-corrected chi connectivity index (χ0v) is 12.6. The molecule has 0 bridgehead atoms. The first-order chi connectivity index (χ1) is 9.33. The van der Waals surface area contributed by atoms with Crippen LogP contribution in [-0.2, 0) is 9.47 Å². The molecule has 0 aromatic carbocycles. The highest BCUT2D eigenvalue weighted by molar-refractivity contribution is 4.85. The molecule has 112 valence electrons. The van der Waals surface area contributed by atoms with E-state index in [0.29, 0.717) is 12.0 Å². The summed E-state index contributed by atoms with van der Waals surface area (Å²) in [5.74, 6) is 1.39. The van der Waals surface area contributed by atoms with Gasteiger partial charge in [0.15, 0.2) is 0 Å². The van der Waals surface area contributed by atoms with Crippen molar-refractivity contribution in [3.8, 4) is 0 Å². The van der Waals surface area contributed by atoms with Gasteiger partial charge in [-0.25, -0.2) is 0 Å². The number of piperidine rings is 1. The minimum Gasteiger partial charge on any atom is -0.384 e. The van der Waals surface area contributed by atoms with E-state index in [9.17, 15) is 0 Å². The molecule has 0 aromatic heterocycles. The predicted octanol–water partition coefficient (Wildman–Crippen LogP) is 1.36. The Morgan fingerprint density at radius 1 is 1.37 bits per heavy atom. The van der Waals surface area contributed by atoms with Crippen molar-refractivity contribution in [2.45, 2.75) is 32.2 Å². The van der Waals surface area contributed by atoms with Crippen LogP contribution in [0.25, 0.3) is 0 Å². The van der Waals surface area contributed by atoms with Crippen LogP contribution >= 0.6 is 0 Å². The lowest BCUT2D eigenvalue weighted by Crippen LogP contribution is -2.45. The van der Waals surface area contributed by atoms with E-state index >= 15 is 0 Å². The zero-order valence-electron chi connectivity index (χ0n) is 12.6. The summed E-state index contributed by atoms with van der Waals surface area (Å²) in [4.78, 5) is 2.62. The van der Waals surface area contributed by atoms with E-state index in [1.165, 1.54) is 38.9 Å². The molecule has 4 heteroatoms. The first kappa shape index (κ1) is 15.2. The Hall–Kier alpha value is -0.160. The Labute approximate surface area is 117 Å². The quantitative estimate of drug-likeness (QED) is 0.757. The van der Waals surface area contributed by atoms with Crippen molar-refractivity contribution >= 4 is 0 Å². The van der Waals surface area contributed by atoms with E-state index in [2.05, 4.69) is 17.1 Å². The predicted molar refractivity (Wildman–Crippen MR) is 77.4 cm³/mol. The van der Waals surface area contributed by atoms with Crippen molar-refractivity contribution < 1.29 is 9.47 Å². The van der Waals surface area contributed by atoms with Gasteiger partial charge >= 0.3 is 0 Å². The van der Waals surface area contributed by atoms with Crippen molar-refractivity contribution in [3.05, 3.63) is 0 Å². The molecule has 2 rings (SSSR count). The molecule has 0 spiro atoms. The lowest BCUT2D eigenvalue weighted by atomic mass is 9.96. The topological polar surface area (TPSA) is 33.7 Å². The van der Waals surface area contributed by atoms with Gasteiger partial charge in [0.2, 0.25) is 0 Å². The molecule has 2 aliphatic rings. The van der Waals surface area contributed by atoms with Crippen molar-refractivity contribution in [2.75, 3.05) is 53.1 Å². The maximum atomic E-state index is 5.67. The second kappa shape index (κ2) is 8.20. The van der Waals surface area contributed by atoms with Crippen LogP contribution in [0.3, 0.4) is 0 Å². The third-order valence-electron chi connectivity index (χ3n) is 4.35. The molecule has 0 aromatic rings. The second-order valence-corrected chi connectivity index (χ2v) is 6.08. The Morgan fingerprint density at radius 2 is 2.26 bits per heavy atom. The third-order valence-corrected chi connectivity index (χ3v) is 4.35. The van der Waals surface area contributed by atoms with E-state index in [-0.39, 0.29) is 0 Å². The molecule has 2 heterocycles. The standard InChI is InChI=1S/C15H30N2O2/c1-3-6-16-15-12-19-11-14(15)9-17-7-4-5-13(8-17)10-18-2/h13-16H,3-12H2,1-2H3. The summed E-state index contributed by atoms with van der Waals surface area (Å²) in [5, 5.41) is 3.63. The third kappa shape index (κ3) is 4.71. The Balaban J connectivity index is 1.75. The highest BCUT2D eigenvalue weighted by Gasteiger charge is 2.30. The summed E-state index contributed by atoms with van der Waals surface area (Å²) in [6, 6.07) is 0.558. The van der Waals surface area contributed by atoms with Crippen LogP contribution in [0.4, 0.5) is 0 Å². The summed E-state index contributed by atoms with van der Waals surface area (Å²) < 4.78 is 11.0. The van der Waals surface area contributed by atoms with E-state index in [0.717, 1.165) is 32.3 Å². The van der Waals surface area contributed by atoms with Gasteiger partial charge in [-0.2, -0.15) is 0 Å². The molecular weight excluding hydrogens is 240 g/mol. The number of hydrogen-bond acceptors (Lipinski definition) is 4. The van der Waals surface area contributed by atoms with Crippen LogP contribution in [0, 0.1) is 11.8 Å². The normalized spacial score (nSPS) is 32.8. The van der Waals surface area contributed by atoms with Gasteiger partial charge in [-0.1, -0.05) is 6.92 Å². The molecule has 0 saturated carbocycles. The molecule has 2 aliphatic heterocycles. The Kier molecular flexibility index (Phi) is 6.57. The SMILES string of the molecule is CCCNC1COCC1CN1CCCC(COC)C1. The fourth-order valence-electron chi connectivity index (χ4n) is 3.35. The maximum Gasteiger partial charge on any atom is 0.0623 e. The minimum atomic E-state index is 0.558. The molecule has 0 aliphatic carbocycles. The summed E-state index contributed by atoms with van der Waals surface area (Å²) in [6.07, 6.45) is 3.83. The smallest absolute Gasteiger partial charge is 0.0623 e. The number of ether oxygens (including phenoxy) is 2. The largest absolute Gasteiger partial charge is 0.384 e. The van der Waals surface area contributed by atoms with Crippen LogP contribution in [0.15, 0.2) is 0 Å². The fraction of sp³-hybridized carbons (Fsp3) is 1.00. The van der Waals surface area contributed by atoms with Gasteiger partial charge < -0.3 is 19.7 Å². The van der Waals surface area contributed by atoms with Gasteiger partial charge in [0.1, 0.15) is 0 Å². The first-order valence-electron chi connectivity index (χ1n) is 7.86. The molecule has 2 saturated heterocycles. The van der Waals surface area contributed by atoms with Crippen molar-refractivity contribution in [3.63, 3.8) is 0 Å². The van der Waals surface area contributed by atoms with E-state index in [1.807, 2.05) is 7.11 Å². The van der Waals surface area contributed by atoms with Gasteiger partial charge in [-0.05, 0) is 38.3 Å². The maximum absolute atomic E-state index is 5.67. The number of likely N-dealkylation sites (tertiary alicyclic amines) is 1. The van der Waals surface area contributed by atoms with Crippen LogP contribution in [0.5, 0.6) is 0 Å². The summed E-state index contributed by atoms with van der Waals surface area (Å²) in [6.45, 7) is 9.68. The van der Waals surface area contributed by atoms with Gasteiger partial charge in [0.05, 0.1) is 19.8 Å². The fourth-order valence-corrected chi connectivity index (χ4v) is 3.35. The number of hydrogen-bond donors (Lipinski definition) is 1. The van der Waals surface area contributed by atoms with Gasteiger partial charge in [-0.3, -0.25) is 0 Å². The number of methoxy groups -OCH3 is 1. The van der Waals surface area contributed by atoms with Crippen LogP contribution in [-0.4, -0.2) is 64.1 Å². The van der Waals surface area contributed by atoms with Crippen LogP contribution in [0.1, 0.15) is 26.2 Å². The molecular formula is C15H30N2O2. The van der Waals surface area contributed by atoms with Crippen LogP contribution in [0.2, 0.25) is 0 Å².